The number of carbonyl (C=O) groups is 2. The van der Waals surface area contributed by atoms with E-state index < -0.39 is 21.7 Å². The molecule has 1 heterocycles. The standard InChI is InChI=1S/C24H23BrN2O5S2/c1-32-24(29)21-16-10-5-6-13-19(16)33-23(21)27-20(28)14-26-18-12-7-11-17(25)22(18)34(30,31)15-8-3-2-4-9-15/h2-4,7-9,11-12,26H,5-6,10,13-14H2,1H3,(H,27,28). The van der Waals surface area contributed by atoms with Gasteiger partial charge in [-0.2, -0.15) is 0 Å². The van der Waals surface area contributed by atoms with Gasteiger partial charge < -0.3 is 15.4 Å². The Morgan fingerprint density at radius 3 is 2.53 bits per heavy atom. The van der Waals surface area contributed by atoms with Crippen LogP contribution in [0.3, 0.4) is 0 Å². The van der Waals surface area contributed by atoms with Crippen molar-refractivity contribution in [3.8, 4) is 0 Å². The van der Waals surface area contributed by atoms with Gasteiger partial charge in [-0.15, -0.1) is 11.3 Å². The molecule has 0 radical (unpaired) electrons. The highest BCUT2D eigenvalue weighted by Gasteiger charge is 2.28. The Morgan fingerprint density at radius 2 is 1.79 bits per heavy atom. The highest BCUT2D eigenvalue weighted by Crippen LogP contribution is 2.39. The fourth-order valence-corrected chi connectivity index (χ4v) is 7.76. The molecule has 0 atom stereocenters. The van der Waals surface area contributed by atoms with Crippen LogP contribution in [0.15, 0.2) is 62.8 Å². The van der Waals surface area contributed by atoms with E-state index in [0.29, 0.717) is 20.7 Å². The van der Waals surface area contributed by atoms with Crippen molar-refractivity contribution in [2.24, 2.45) is 0 Å². The highest BCUT2D eigenvalue weighted by atomic mass is 79.9. The van der Waals surface area contributed by atoms with Crippen molar-refractivity contribution in [2.75, 3.05) is 24.3 Å². The van der Waals surface area contributed by atoms with Crippen molar-refractivity contribution >= 4 is 59.7 Å². The number of halogens is 1. The molecule has 0 spiro atoms. The summed E-state index contributed by atoms with van der Waals surface area (Å²) < 4.78 is 31.9. The van der Waals surface area contributed by atoms with Crippen LogP contribution in [0, 0.1) is 0 Å². The largest absolute Gasteiger partial charge is 0.465 e. The SMILES string of the molecule is COC(=O)c1c(NC(=O)CNc2cccc(Br)c2S(=O)(=O)c2ccccc2)sc2c1CCCC2. The van der Waals surface area contributed by atoms with Crippen molar-refractivity contribution in [3.63, 3.8) is 0 Å². The summed E-state index contributed by atoms with van der Waals surface area (Å²) >= 11 is 4.74. The lowest BCUT2D eigenvalue weighted by molar-refractivity contribution is -0.114. The first-order valence-electron chi connectivity index (χ1n) is 10.7. The Bertz CT molecular complexity index is 1340. The third-order valence-electron chi connectivity index (χ3n) is 5.54. The monoisotopic (exact) mass is 562 g/mol. The first-order chi connectivity index (χ1) is 16.3. The molecular formula is C24H23BrN2O5S2. The molecule has 2 aromatic carbocycles. The predicted molar refractivity (Wildman–Crippen MR) is 135 cm³/mol. The van der Waals surface area contributed by atoms with E-state index in [0.717, 1.165) is 36.1 Å². The number of sulfone groups is 1. The maximum atomic E-state index is 13.3. The van der Waals surface area contributed by atoms with E-state index in [-0.39, 0.29) is 16.3 Å². The van der Waals surface area contributed by atoms with Gasteiger partial charge in [0.2, 0.25) is 15.7 Å². The molecule has 0 saturated carbocycles. The Labute approximate surface area is 210 Å². The third-order valence-corrected chi connectivity index (χ3v) is 9.54. The van der Waals surface area contributed by atoms with Gasteiger partial charge in [0.15, 0.2) is 0 Å². The van der Waals surface area contributed by atoms with E-state index in [1.54, 1.807) is 36.4 Å². The van der Waals surface area contributed by atoms with Crippen molar-refractivity contribution in [1.29, 1.82) is 0 Å². The number of ether oxygens (including phenoxy) is 1. The normalized spacial score (nSPS) is 13.1. The number of carbonyl (C=O) groups excluding carboxylic acids is 2. The second kappa shape index (κ2) is 10.3. The number of benzene rings is 2. The lowest BCUT2D eigenvalue weighted by Gasteiger charge is -2.14. The summed E-state index contributed by atoms with van der Waals surface area (Å²) in [5, 5.41) is 6.22. The van der Waals surface area contributed by atoms with Crippen molar-refractivity contribution in [2.45, 2.75) is 35.5 Å². The van der Waals surface area contributed by atoms with Crippen molar-refractivity contribution < 1.29 is 22.7 Å². The summed E-state index contributed by atoms with van der Waals surface area (Å²) in [6, 6.07) is 13.0. The number of rotatable bonds is 7. The molecule has 1 aliphatic carbocycles. The molecule has 0 saturated heterocycles. The van der Waals surface area contributed by atoms with Crippen LogP contribution in [0.25, 0.3) is 0 Å². The molecular weight excluding hydrogens is 540 g/mol. The van der Waals surface area contributed by atoms with Crippen molar-refractivity contribution in [3.05, 3.63) is 69.0 Å². The van der Waals surface area contributed by atoms with Gasteiger partial charge in [-0.25, -0.2) is 13.2 Å². The summed E-state index contributed by atoms with van der Waals surface area (Å²) in [5.74, 6) is -0.863. The molecule has 178 valence electrons. The van der Waals surface area contributed by atoms with Crippen LogP contribution in [0.1, 0.15) is 33.6 Å². The molecule has 1 aliphatic rings. The number of nitrogens with one attached hydrogen (secondary N) is 2. The average Bonchev–Trinajstić information content (AvgIpc) is 3.20. The molecule has 10 heteroatoms. The van der Waals surface area contributed by atoms with Gasteiger partial charge in [0.25, 0.3) is 0 Å². The molecule has 0 unspecified atom stereocenters. The lowest BCUT2D eigenvalue weighted by Crippen LogP contribution is -2.23. The van der Waals surface area contributed by atoms with Gasteiger partial charge in [0.1, 0.15) is 9.90 Å². The topological polar surface area (TPSA) is 102 Å². The molecule has 0 bridgehead atoms. The number of anilines is 2. The molecule has 3 aromatic rings. The number of hydrogen-bond donors (Lipinski definition) is 2. The molecule has 7 nitrogen and oxygen atoms in total. The van der Waals surface area contributed by atoms with Gasteiger partial charge in [-0.3, -0.25) is 4.79 Å². The van der Waals surface area contributed by atoms with Gasteiger partial charge in [-0.1, -0.05) is 24.3 Å². The minimum atomic E-state index is -3.83. The van der Waals surface area contributed by atoms with E-state index in [4.69, 9.17) is 4.74 Å². The number of fused-ring (bicyclic) bond motifs is 1. The molecule has 0 fully saturated rings. The fourth-order valence-electron chi connectivity index (χ4n) is 3.96. The molecule has 1 aromatic heterocycles. The Morgan fingerprint density at radius 1 is 1.06 bits per heavy atom. The minimum absolute atomic E-state index is 0.0517. The number of amides is 1. The number of thiophene rings is 1. The van der Waals surface area contributed by atoms with Crippen LogP contribution in [0.5, 0.6) is 0 Å². The van der Waals surface area contributed by atoms with Crippen LogP contribution in [-0.4, -0.2) is 33.9 Å². The summed E-state index contributed by atoms with van der Waals surface area (Å²) in [7, 11) is -2.51. The first kappa shape index (κ1) is 24.4. The smallest absolute Gasteiger partial charge is 0.341 e. The number of hydrogen-bond acceptors (Lipinski definition) is 7. The van der Waals surface area contributed by atoms with E-state index in [9.17, 15) is 18.0 Å². The number of methoxy groups -OCH3 is 1. The summed E-state index contributed by atoms with van der Waals surface area (Å²) in [6.45, 7) is -0.184. The van der Waals surface area contributed by atoms with Crippen molar-refractivity contribution in [1.82, 2.24) is 0 Å². The van der Waals surface area contributed by atoms with Gasteiger partial charge in [-0.05, 0) is 71.4 Å². The quantitative estimate of drug-likeness (QED) is 0.390. The first-order valence-corrected chi connectivity index (χ1v) is 13.8. The average molecular weight is 563 g/mol. The Kier molecular flexibility index (Phi) is 7.39. The van der Waals surface area contributed by atoms with E-state index in [2.05, 4.69) is 26.6 Å². The van der Waals surface area contributed by atoms with Gasteiger partial charge >= 0.3 is 5.97 Å². The molecule has 1 amide bonds. The summed E-state index contributed by atoms with van der Waals surface area (Å²) in [6.07, 6.45) is 3.69. The van der Waals surface area contributed by atoms with Crippen LogP contribution in [-0.2, 0) is 32.2 Å². The zero-order valence-electron chi connectivity index (χ0n) is 18.4. The van der Waals surface area contributed by atoms with Crippen LogP contribution in [0.2, 0.25) is 0 Å². The van der Waals surface area contributed by atoms with Crippen LogP contribution in [0.4, 0.5) is 10.7 Å². The van der Waals surface area contributed by atoms with E-state index >= 15 is 0 Å². The molecule has 4 rings (SSSR count). The van der Waals surface area contributed by atoms with Gasteiger partial charge in [0.05, 0.1) is 29.8 Å². The molecule has 34 heavy (non-hydrogen) atoms. The predicted octanol–water partition coefficient (Wildman–Crippen LogP) is 5.06. The highest BCUT2D eigenvalue weighted by molar-refractivity contribution is 9.10. The fraction of sp³-hybridized carbons (Fsp3) is 0.250. The van der Waals surface area contributed by atoms with Crippen LogP contribution >= 0.6 is 27.3 Å². The number of esters is 1. The van der Waals surface area contributed by atoms with Gasteiger partial charge in [0, 0.05) is 9.35 Å². The van der Waals surface area contributed by atoms with E-state index in [1.807, 2.05) is 0 Å². The second-order valence-corrected chi connectivity index (χ2v) is 11.6. The maximum Gasteiger partial charge on any atom is 0.341 e. The third kappa shape index (κ3) is 4.89. The summed E-state index contributed by atoms with van der Waals surface area (Å²) in [5.41, 5.74) is 1.67. The Balaban J connectivity index is 1.56. The maximum absolute atomic E-state index is 13.3. The lowest BCUT2D eigenvalue weighted by atomic mass is 9.95. The minimum Gasteiger partial charge on any atom is -0.465 e. The number of aryl methyl sites for hydroxylation is 1. The zero-order chi connectivity index (χ0) is 24.3. The second-order valence-electron chi connectivity index (χ2n) is 7.74. The summed E-state index contributed by atoms with van der Waals surface area (Å²) in [4.78, 5) is 26.5. The molecule has 2 N–H and O–H groups in total. The van der Waals surface area contributed by atoms with E-state index in [1.165, 1.54) is 30.6 Å². The zero-order valence-corrected chi connectivity index (χ0v) is 21.6. The molecule has 0 aliphatic heterocycles. The van der Waals surface area contributed by atoms with Crippen LogP contribution < -0.4 is 10.6 Å². The Hall–Kier alpha value is -2.69.